The van der Waals surface area contributed by atoms with Gasteiger partial charge in [0, 0.05) is 18.3 Å². The van der Waals surface area contributed by atoms with Crippen molar-refractivity contribution in [2.75, 3.05) is 7.05 Å². The maximum absolute atomic E-state index is 4.55. The third-order valence-corrected chi connectivity index (χ3v) is 3.08. The normalized spacial score (nSPS) is 13.3. The molecule has 0 spiro atoms. The summed E-state index contributed by atoms with van der Waals surface area (Å²) in [6.45, 7) is 6.55. The molecular formula is C13H25N3. The van der Waals surface area contributed by atoms with Crippen LogP contribution in [0.5, 0.6) is 0 Å². The van der Waals surface area contributed by atoms with Gasteiger partial charge in [-0.3, -0.25) is 4.68 Å². The predicted octanol–water partition coefficient (Wildman–Crippen LogP) is 2.78. The van der Waals surface area contributed by atoms with Crippen LogP contribution in [0.3, 0.4) is 0 Å². The van der Waals surface area contributed by atoms with E-state index in [9.17, 15) is 0 Å². The van der Waals surface area contributed by atoms with Crippen molar-refractivity contribution in [2.24, 2.45) is 0 Å². The summed E-state index contributed by atoms with van der Waals surface area (Å²) in [5.41, 5.74) is 1.22. The van der Waals surface area contributed by atoms with E-state index in [-0.39, 0.29) is 0 Å². The van der Waals surface area contributed by atoms with E-state index in [1.807, 2.05) is 11.7 Å². The standard InChI is InChI=1S/C13H25N3/c1-5-12(14-4)7-6-8-13-9-10-16(15-13)11(2)3/h9-12,14H,5-8H2,1-4H3. The number of hydrogen-bond donors (Lipinski definition) is 1. The van der Waals surface area contributed by atoms with Gasteiger partial charge in [0.1, 0.15) is 0 Å². The molecule has 0 fully saturated rings. The number of nitrogens with zero attached hydrogens (tertiary/aromatic N) is 2. The molecule has 0 bridgehead atoms. The Morgan fingerprint density at radius 2 is 2.19 bits per heavy atom. The highest BCUT2D eigenvalue weighted by molar-refractivity contribution is 4.99. The minimum absolute atomic E-state index is 0.467. The Labute approximate surface area is 99.2 Å². The van der Waals surface area contributed by atoms with Crippen LogP contribution in [0.2, 0.25) is 0 Å². The van der Waals surface area contributed by atoms with E-state index in [1.54, 1.807) is 0 Å². The van der Waals surface area contributed by atoms with Crippen LogP contribution >= 0.6 is 0 Å². The van der Waals surface area contributed by atoms with Gasteiger partial charge in [-0.1, -0.05) is 6.92 Å². The molecule has 16 heavy (non-hydrogen) atoms. The fraction of sp³-hybridized carbons (Fsp3) is 0.769. The van der Waals surface area contributed by atoms with Gasteiger partial charge in [0.05, 0.1) is 5.69 Å². The molecule has 1 unspecified atom stereocenters. The summed E-state index contributed by atoms with van der Waals surface area (Å²) >= 11 is 0. The Hall–Kier alpha value is -0.830. The highest BCUT2D eigenvalue weighted by Gasteiger charge is 2.05. The van der Waals surface area contributed by atoms with Crippen molar-refractivity contribution in [3.63, 3.8) is 0 Å². The fourth-order valence-electron chi connectivity index (χ4n) is 1.88. The molecule has 0 saturated heterocycles. The van der Waals surface area contributed by atoms with Crippen LogP contribution in [0.25, 0.3) is 0 Å². The minimum Gasteiger partial charge on any atom is -0.317 e. The Kier molecular flexibility index (Phi) is 5.53. The van der Waals surface area contributed by atoms with Gasteiger partial charge in [-0.05, 0) is 52.6 Å². The van der Waals surface area contributed by atoms with E-state index in [2.05, 4.69) is 43.4 Å². The molecule has 0 aromatic carbocycles. The lowest BCUT2D eigenvalue weighted by atomic mass is 10.1. The third kappa shape index (κ3) is 3.97. The number of aryl methyl sites for hydroxylation is 1. The molecular weight excluding hydrogens is 198 g/mol. The summed E-state index contributed by atoms with van der Waals surface area (Å²) < 4.78 is 2.03. The van der Waals surface area contributed by atoms with E-state index < -0.39 is 0 Å². The molecule has 0 radical (unpaired) electrons. The maximum Gasteiger partial charge on any atom is 0.0624 e. The topological polar surface area (TPSA) is 29.9 Å². The van der Waals surface area contributed by atoms with Crippen molar-refractivity contribution >= 4 is 0 Å². The van der Waals surface area contributed by atoms with Gasteiger partial charge in [0.15, 0.2) is 0 Å². The molecule has 3 heteroatoms. The van der Waals surface area contributed by atoms with E-state index in [0.717, 1.165) is 6.42 Å². The van der Waals surface area contributed by atoms with Gasteiger partial charge in [0.25, 0.3) is 0 Å². The van der Waals surface area contributed by atoms with Gasteiger partial charge < -0.3 is 5.32 Å². The lowest BCUT2D eigenvalue weighted by molar-refractivity contribution is 0.485. The zero-order valence-electron chi connectivity index (χ0n) is 11.0. The molecule has 0 aliphatic rings. The van der Waals surface area contributed by atoms with Crippen molar-refractivity contribution in [3.8, 4) is 0 Å². The molecule has 1 heterocycles. The van der Waals surface area contributed by atoms with Gasteiger partial charge >= 0.3 is 0 Å². The first-order chi connectivity index (χ1) is 7.67. The Bertz CT molecular complexity index is 287. The SMILES string of the molecule is CCC(CCCc1ccn(C(C)C)n1)NC. The second kappa shape index (κ2) is 6.69. The molecule has 1 aromatic rings. The highest BCUT2D eigenvalue weighted by atomic mass is 15.3. The first-order valence-corrected chi connectivity index (χ1v) is 6.38. The van der Waals surface area contributed by atoms with Crippen LogP contribution in [0, 0.1) is 0 Å². The lowest BCUT2D eigenvalue weighted by Crippen LogP contribution is -2.24. The van der Waals surface area contributed by atoms with E-state index in [1.165, 1.54) is 25.0 Å². The van der Waals surface area contributed by atoms with Gasteiger partial charge in [-0.2, -0.15) is 5.10 Å². The van der Waals surface area contributed by atoms with Crippen LogP contribution < -0.4 is 5.32 Å². The van der Waals surface area contributed by atoms with Crippen molar-refractivity contribution < 1.29 is 0 Å². The fourth-order valence-corrected chi connectivity index (χ4v) is 1.88. The first kappa shape index (κ1) is 13.2. The molecule has 1 N–H and O–H groups in total. The van der Waals surface area contributed by atoms with Gasteiger partial charge in [-0.15, -0.1) is 0 Å². The van der Waals surface area contributed by atoms with Crippen molar-refractivity contribution in [1.82, 2.24) is 15.1 Å². The van der Waals surface area contributed by atoms with E-state index in [4.69, 9.17) is 0 Å². The van der Waals surface area contributed by atoms with Crippen LogP contribution in [-0.2, 0) is 6.42 Å². The average molecular weight is 223 g/mol. The number of rotatable bonds is 7. The van der Waals surface area contributed by atoms with Crippen LogP contribution in [0.15, 0.2) is 12.3 Å². The zero-order chi connectivity index (χ0) is 12.0. The quantitative estimate of drug-likeness (QED) is 0.770. The Morgan fingerprint density at radius 1 is 1.44 bits per heavy atom. The molecule has 3 nitrogen and oxygen atoms in total. The average Bonchev–Trinajstić information content (AvgIpc) is 2.73. The molecule has 92 valence electrons. The smallest absolute Gasteiger partial charge is 0.0624 e. The molecule has 1 aromatic heterocycles. The highest BCUT2D eigenvalue weighted by Crippen LogP contribution is 2.09. The summed E-state index contributed by atoms with van der Waals surface area (Å²) in [6, 6.07) is 3.27. The third-order valence-electron chi connectivity index (χ3n) is 3.08. The molecule has 1 atom stereocenters. The number of hydrogen-bond acceptors (Lipinski definition) is 2. The van der Waals surface area contributed by atoms with Crippen LogP contribution in [-0.4, -0.2) is 22.9 Å². The van der Waals surface area contributed by atoms with Gasteiger partial charge in [0.2, 0.25) is 0 Å². The van der Waals surface area contributed by atoms with E-state index in [0.29, 0.717) is 12.1 Å². The molecule has 0 aliphatic carbocycles. The van der Waals surface area contributed by atoms with Crippen LogP contribution in [0.4, 0.5) is 0 Å². The molecule has 1 rings (SSSR count). The lowest BCUT2D eigenvalue weighted by Gasteiger charge is -2.12. The van der Waals surface area contributed by atoms with Crippen molar-refractivity contribution in [2.45, 2.75) is 58.5 Å². The maximum atomic E-state index is 4.55. The van der Waals surface area contributed by atoms with Crippen LogP contribution in [0.1, 0.15) is 51.8 Å². The number of aromatic nitrogens is 2. The second-order valence-corrected chi connectivity index (χ2v) is 4.67. The molecule has 0 amide bonds. The summed E-state index contributed by atoms with van der Waals surface area (Å²) in [5, 5.41) is 7.89. The summed E-state index contributed by atoms with van der Waals surface area (Å²) in [6.07, 6.45) is 6.83. The summed E-state index contributed by atoms with van der Waals surface area (Å²) in [7, 11) is 2.04. The largest absolute Gasteiger partial charge is 0.317 e. The number of nitrogens with one attached hydrogen (secondary N) is 1. The second-order valence-electron chi connectivity index (χ2n) is 4.67. The summed E-state index contributed by atoms with van der Waals surface area (Å²) in [5.74, 6) is 0. The van der Waals surface area contributed by atoms with Gasteiger partial charge in [-0.25, -0.2) is 0 Å². The van der Waals surface area contributed by atoms with Crippen molar-refractivity contribution in [1.29, 1.82) is 0 Å². The Morgan fingerprint density at radius 3 is 2.69 bits per heavy atom. The minimum atomic E-state index is 0.467. The summed E-state index contributed by atoms with van der Waals surface area (Å²) in [4.78, 5) is 0. The predicted molar refractivity (Wildman–Crippen MR) is 68.7 cm³/mol. The van der Waals surface area contributed by atoms with E-state index >= 15 is 0 Å². The molecule has 0 saturated carbocycles. The zero-order valence-corrected chi connectivity index (χ0v) is 11.0. The Balaban J connectivity index is 2.31. The monoisotopic (exact) mass is 223 g/mol. The van der Waals surface area contributed by atoms with Crippen molar-refractivity contribution in [3.05, 3.63) is 18.0 Å². The first-order valence-electron chi connectivity index (χ1n) is 6.38. The molecule has 0 aliphatic heterocycles.